The highest BCUT2D eigenvalue weighted by molar-refractivity contribution is 5.75. The molecule has 6 heteroatoms. The normalized spacial score (nSPS) is 26.8. The van der Waals surface area contributed by atoms with E-state index in [1.54, 1.807) is 11.7 Å². The second-order valence-electron chi connectivity index (χ2n) is 10.1. The maximum absolute atomic E-state index is 12.7. The van der Waals surface area contributed by atoms with Gasteiger partial charge in [-0.3, -0.25) is 4.57 Å². The molecule has 0 radical (unpaired) electrons. The van der Waals surface area contributed by atoms with Gasteiger partial charge in [-0.1, -0.05) is 41.5 Å². The summed E-state index contributed by atoms with van der Waals surface area (Å²) in [7, 11) is 1.71. The first-order chi connectivity index (χ1) is 12.4. The van der Waals surface area contributed by atoms with Crippen molar-refractivity contribution in [3.63, 3.8) is 0 Å². The number of hydrogen-bond acceptors (Lipinski definition) is 4. The first-order valence-electron chi connectivity index (χ1n) is 9.67. The van der Waals surface area contributed by atoms with Gasteiger partial charge >= 0.3 is 5.69 Å². The van der Waals surface area contributed by atoms with Gasteiger partial charge in [0.1, 0.15) is 11.8 Å². The number of H-pyrrole nitrogens is 1. The Hall–Kier alpha value is -1.66. The zero-order valence-corrected chi connectivity index (χ0v) is 17.8. The second kappa shape index (κ2) is 6.74. The van der Waals surface area contributed by atoms with Crippen LogP contribution in [0.1, 0.15) is 59.9 Å². The van der Waals surface area contributed by atoms with E-state index >= 15 is 0 Å². The fourth-order valence-electron chi connectivity index (χ4n) is 4.37. The van der Waals surface area contributed by atoms with E-state index in [2.05, 4.69) is 51.5 Å². The standard InChI is InChI=1S/C21H33N3O3/c1-12-9-13-11-24(19(25)23-17(13)22-12)18-16(26-8)15(21(5,6)7)14(27-18)10-20(2,3)4/h9,11,14-16,18H,10H2,1-8H3,(H,22,23,25)/t14-,15?,16+,18-/m1/s1. The summed E-state index contributed by atoms with van der Waals surface area (Å²) in [5.74, 6) is 0.169. The number of fused-ring (bicyclic) bond motifs is 1. The third-order valence-corrected chi connectivity index (χ3v) is 5.38. The number of aromatic amines is 1. The molecule has 1 aliphatic heterocycles. The molecule has 1 fully saturated rings. The smallest absolute Gasteiger partial charge is 0.351 e. The van der Waals surface area contributed by atoms with Crippen LogP contribution >= 0.6 is 0 Å². The number of methoxy groups -OCH3 is 1. The van der Waals surface area contributed by atoms with Gasteiger partial charge in [-0.05, 0) is 30.2 Å². The molecule has 0 aromatic carbocycles. The van der Waals surface area contributed by atoms with Crippen molar-refractivity contribution in [3.8, 4) is 0 Å². The molecule has 6 nitrogen and oxygen atoms in total. The number of ether oxygens (including phenoxy) is 2. The van der Waals surface area contributed by atoms with Crippen molar-refractivity contribution < 1.29 is 9.47 Å². The van der Waals surface area contributed by atoms with E-state index in [-0.39, 0.29) is 34.6 Å². The maximum atomic E-state index is 12.7. The van der Waals surface area contributed by atoms with Crippen LogP contribution in [0.3, 0.4) is 0 Å². The van der Waals surface area contributed by atoms with Gasteiger partial charge in [-0.2, -0.15) is 4.98 Å². The van der Waals surface area contributed by atoms with Gasteiger partial charge in [-0.25, -0.2) is 4.79 Å². The summed E-state index contributed by atoms with van der Waals surface area (Å²) < 4.78 is 14.0. The summed E-state index contributed by atoms with van der Waals surface area (Å²) in [6.07, 6.45) is 2.05. The van der Waals surface area contributed by atoms with Crippen molar-refractivity contribution in [1.29, 1.82) is 0 Å². The summed E-state index contributed by atoms with van der Waals surface area (Å²) >= 11 is 0. The van der Waals surface area contributed by atoms with Crippen LogP contribution in [-0.4, -0.2) is 33.9 Å². The number of hydrogen-bond donors (Lipinski definition) is 1. The van der Waals surface area contributed by atoms with Crippen molar-refractivity contribution in [1.82, 2.24) is 14.5 Å². The molecule has 0 amide bonds. The molecular weight excluding hydrogens is 342 g/mol. The minimum absolute atomic E-state index is 0.00973. The largest absolute Gasteiger partial charge is 0.376 e. The van der Waals surface area contributed by atoms with Crippen LogP contribution < -0.4 is 5.69 Å². The van der Waals surface area contributed by atoms with Crippen LogP contribution in [-0.2, 0) is 9.47 Å². The Morgan fingerprint density at radius 2 is 1.93 bits per heavy atom. The van der Waals surface area contributed by atoms with Crippen molar-refractivity contribution >= 4 is 11.0 Å². The fourth-order valence-corrected chi connectivity index (χ4v) is 4.37. The Bertz CT molecular complexity index is 869. The molecule has 3 rings (SSSR count). The molecular formula is C21H33N3O3. The Morgan fingerprint density at radius 3 is 2.48 bits per heavy atom. The lowest BCUT2D eigenvalue weighted by atomic mass is 9.71. The second-order valence-corrected chi connectivity index (χ2v) is 10.1. The van der Waals surface area contributed by atoms with Gasteiger partial charge in [0.2, 0.25) is 0 Å². The van der Waals surface area contributed by atoms with E-state index in [9.17, 15) is 4.79 Å². The SMILES string of the molecule is CO[C@H]1C(C(C)(C)C)[C@@H](CC(C)(C)C)O[C@H]1n1cc2cc(C)[nH]c2nc1=O. The van der Waals surface area contributed by atoms with Gasteiger partial charge < -0.3 is 14.5 Å². The van der Waals surface area contributed by atoms with Gasteiger partial charge in [-0.15, -0.1) is 0 Å². The van der Waals surface area contributed by atoms with Crippen molar-refractivity contribution in [3.05, 3.63) is 28.4 Å². The molecule has 0 saturated carbocycles. The molecule has 1 unspecified atom stereocenters. The summed E-state index contributed by atoms with van der Waals surface area (Å²) in [5, 5.41) is 0.900. The van der Waals surface area contributed by atoms with Crippen LogP contribution in [0.5, 0.6) is 0 Å². The molecule has 27 heavy (non-hydrogen) atoms. The molecule has 150 valence electrons. The van der Waals surface area contributed by atoms with E-state index < -0.39 is 6.23 Å². The van der Waals surface area contributed by atoms with Crippen molar-refractivity contribution in [2.24, 2.45) is 16.7 Å². The average Bonchev–Trinajstić information content (AvgIpc) is 3.02. The van der Waals surface area contributed by atoms with Gasteiger partial charge in [0, 0.05) is 30.3 Å². The van der Waals surface area contributed by atoms with Crippen LogP contribution in [0.4, 0.5) is 0 Å². The van der Waals surface area contributed by atoms with Crippen LogP contribution in [0, 0.1) is 23.7 Å². The molecule has 1 aliphatic rings. The van der Waals surface area contributed by atoms with Crippen LogP contribution in [0.15, 0.2) is 17.1 Å². The van der Waals surface area contributed by atoms with Crippen LogP contribution in [0.2, 0.25) is 0 Å². The third-order valence-electron chi connectivity index (χ3n) is 5.38. The topological polar surface area (TPSA) is 69.1 Å². The highest BCUT2D eigenvalue weighted by atomic mass is 16.6. The number of nitrogens with zero attached hydrogens (tertiary/aromatic N) is 2. The first kappa shape index (κ1) is 20.1. The molecule has 2 aromatic heterocycles. The lowest BCUT2D eigenvalue weighted by Gasteiger charge is -2.36. The molecule has 1 N–H and O–H groups in total. The number of nitrogens with one attached hydrogen (secondary N) is 1. The maximum Gasteiger partial charge on any atom is 0.351 e. The lowest BCUT2D eigenvalue weighted by molar-refractivity contribution is -0.0590. The van der Waals surface area contributed by atoms with Gasteiger partial charge in [0.25, 0.3) is 0 Å². The Labute approximate surface area is 161 Å². The van der Waals surface area contributed by atoms with E-state index in [0.29, 0.717) is 5.65 Å². The number of rotatable bonds is 3. The van der Waals surface area contributed by atoms with Crippen molar-refractivity contribution in [2.75, 3.05) is 7.11 Å². The minimum atomic E-state index is -0.480. The highest BCUT2D eigenvalue weighted by Crippen LogP contribution is 2.48. The minimum Gasteiger partial charge on any atom is -0.376 e. The summed E-state index contributed by atoms with van der Waals surface area (Å²) in [4.78, 5) is 20.1. The monoisotopic (exact) mass is 375 g/mol. The van der Waals surface area contributed by atoms with E-state index in [1.807, 2.05) is 19.2 Å². The molecule has 1 saturated heterocycles. The molecule has 3 heterocycles. The molecule has 0 bridgehead atoms. The zero-order chi connectivity index (χ0) is 20.1. The summed E-state index contributed by atoms with van der Waals surface area (Å²) in [6.45, 7) is 15.2. The third kappa shape index (κ3) is 3.97. The predicted octanol–water partition coefficient (Wildman–Crippen LogP) is 4.04. The summed E-state index contributed by atoms with van der Waals surface area (Å²) in [6, 6.07) is 1.99. The summed E-state index contributed by atoms with van der Waals surface area (Å²) in [5.41, 5.74) is 1.37. The highest BCUT2D eigenvalue weighted by Gasteiger charge is 2.51. The first-order valence-corrected chi connectivity index (χ1v) is 9.67. The quantitative estimate of drug-likeness (QED) is 0.879. The molecule has 0 spiro atoms. The molecule has 0 aliphatic carbocycles. The Morgan fingerprint density at radius 1 is 1.26 bits per heavy atom. The molecule has 4 atom stereocenters. The van der Waals surface area contributed by atoms with Crippen LogP contribution in [0.25, 0.3) is 11.0 Å². The predicted molar refractivity (Wildman–Crippen MR) is 107 cm³/mol. The van der Waals surface area contributed by atoms with Gasteiger partial charge in [0.15, 0.2) is 6.23 Å². The Kier molecular flexibility index (Phi) is 5.02. The fraction of sp³-hybridized carbons (Fsp3) is 0.714. The van der Waals surface area contributed by atoms with Crippen molar-refractivity contribution in [2.45, 2.75) is 73.3 Å². The Balaban J connectivity index is 2.06. The molecule has 2 aromatic rings. The number of aromatic nitrogens is 3. The van der Waals surface area contributed by atoms with Gasteiger partial charge in [0.05, 0.1) is 6.10 Å². The average molecular weight is 376 g/mol. The van der Waals surface area contributed by atoms with E-state index in [4.69, 9.17) is 9.47 Å². The zero-order valence-electron chi connectivity index (χ0n) is 17.8. The lowest BCUT2D eigenvalue weighted by Crippen LogP contribution is -2.40. The van der Waals surface area contributed by atoms with E-state index in [0.717, 1.165) is 17.5 Å². The van der Waals surface area contributed by atoms with E-state index in [1.165, 1.54) is 0 Å². The number of aryl methyl sites for hydroxylation is 1.